The Labute approximate surface area is 203 Å². The van der Waals surface area contributed by atoms with Crippen molar-refractivity contribution >= 4 is 22.6 Å². The topological polar surface area (TPSA) is 38.1 Å². The largest absolute Gasteiger partial charge is 0.328 e. The summed E-state index contributed by atoms with van der Waals surface area (Å²) in [6.45, 7) is 3.74. The molecule has 34 heavy (non-hydrogen) atoms. The van der Waals surface area contributed by atoms with Crippen LogP contribution in [0.15, 0.2) is 48.5 Å². The van der Waals surface area contributed by atoms with Gasteiger partial charge in [0, 0.05) is 31.1 Å². The molecule has 1 aliphatic heterocycles. The van der Waals surface area contributed by atoms with Crippen molar-refractivity contribution in [3.63, 3.8) is 0 Å². The Morgan fingerprint density at radius 3 is 2.35 bits per heavy atom. The Morgan fingerprint density at radius 2 is 1.62 bits per heavy atom. The fourth-order valence-electron chi connectivity index (χ4n) is 5.17. The second-order valence-electron chi connectivity index (χ2n) is 9.68. The molecule has 2 aromatic carbocycles. The quantitative estimate of drug-likeness (QED) is 0.245. The van der Waals surface area contributed by atoms with Crippen LogP contribution in [0.1, 0.15) is 89.3 Å². The molecule has 182 valence electrons. The lowest BCUT2D eigenvalue weighted by atomic mass is 10.1. The van der Waals surface area contributed by atoms with Crippen molar-refractivity contribution < 1.29 is 9.18 Å². The first-order valence-electron chi connectivity index (χ1n) is 13.2. The Balaban J connectivity index is 1.37. The number of hydrogen-bond acceptors (Lipinski definition) is 2. The number of aryl methyl sites for hydroxylation is 1. The van der Waals surface area contributed by atoms with Crippen LogP contribution in [0.25, 0.3) is 11.0 Å². The van der Waals surface area contributed by atoms with Crippen molar-refractivity contribution in [2.45, 2.75) is 90.0 Å². The van der Waals surface area contributed by atoms with E-state index >= 15 is 0 Å². The molecule has 0 bridgehead atoms. The number of unbranched alkanes of at least 4 members (excludes halogenated alkanes) is 9. The van der Waals surface area contributed by atoms with Gasteiger partial charge in [0.05, 0.1) is 11.0 Å². The van der Waals surface area contributed by atoms with E-state index < -0.39 is 0 Å². The fraction of sp³-hybridized carbons (Fsp3) is 0.517. The van der Waals surface area contributed by atoms with Gasteiger partial charge in [0.1, 0.15) is 11.6 Å². The standard InChI is InChI=1S/C29H38FN3O/c1-2-3-4-5-6-7-8-9-10-13-19-32-27-18-12-11-17-26(27)31-29(32)23-20-28(34)33(22-23)25-16-14-15-24(30)21-25/h11-12,14-18,21,23H,2-10,13,19-20,22H2,1H3. The lowest BCUT2D eigenvalue weighted by molar-refractivity contribution is -0.117. The van der Waals surface area contributed by atoms with Crippen molar-refractivity contribution in [3.05, 3.63) is 60.2 Å². The molecule has 1 unspecified atom stereocenters. The molecule has 2 heterocycles. The zero-order valence-electron chi connectivity index (χ0n) is 20.5. The molecule has 4 nitrogen and oxygen atoms in total. The normalized spacial score (nSPS) is 16.1. The summed E-state index contributed by atoms with van der Waals surface area (Å²) < 4.78 is 16.1. The summed E-state index contributed by atoms with van der Waals surface area (Å²) in [6, 6.07) is 14.6. The highest BCUT2D eigenvalue weighted by Gasteiger charge is 2.34. The Bertz CT molecular complexity index is 1080. The summed E-state index contributed by atoms with van der Waals surface area (Å²) in [5, 5.41) is 0. The van der Waals surface area contributed by atoms with E-state index in [1.54, 1.807) is 17.0 Å². The lowest BCUT2D eigenvalue weighted by Gasteiger charge is -2.17. The first kappa shape index (κ1) is 24.4. The highest BCUT2D eigenvalue weighted by Crippen LogP contribution is 2.33. The van der Waals surface area contributed by atoms with Crippen LogP contribution in [0.5, 0.6) is 0 Å². The van der Waals surface area contributed by atoms with Gasteiger partial charge >= 0.3 is 0 Å². The molecule has 4 rings (SSSR count). The second-order valence-corrected chi connectivity index (χ2v) is 9.68. The number of anilines is 1. The summed E-state index contributed by atoms with van der Waals surface area (Å²) in [5.74, 6) is 0.728. The van der Waals surface area contributed by atoms with E-state index in [9.17, 15) is 9.18 Å². The monoisotopic (exact) mass is 463 g/mol. The number of rotatable bonds is 13. The number of carbonyl (C=O) groups is 1. The molecule has 1 atom stereocenters. The van der Waals surface area contributed by atoms with Crippen LogP contribution in [0.2, 0.25) is 0 Å². The van der Waals surface area contributed by atoms with Crippen molar-refractivity contribution in [2.24, 2.45) is 0 Å². The minimum atomic E-state index is -0.318. The number of aromatic nitrogens is 2. The van der Waals surface area contributed by atoms with E-state index in [2.05, 4.69) is 29.7 Å². The minimum absolute atomic E-state index is 0.0197. The second kappa shape index (κ2) is 12.1. The average Bonchev–Trinajstić information content (AvgIpc) is 3.41. The van der Waals surface area contributed by atoms with Crippen LogP contribution in [-0.2, 0) is 11.3 Å². The first-order valence-corrected chi connectivity index (χ1v) is 13.2. The third-order valence-corrected chi connectivity index (χ3v) is 7.03. The molecule has 0 spiro atoms. The number of amides is 1. The zero-order valence-corrected chi connectivity index (χ0v) is 20.5. The Morgan fingerprint density at radius 1 is 0.912 bits per heavy atom. The average molecular weight is 464 g/mol. The first-order chi connectivity index (χ1) is 16.7. The van der Waals surface area contributed by atoms with Gasteiger partial charge in [-0.25, -0.2) is 9.37 Å². The van der Waals surface area contributed by atoms with Crippen LogP contribution >= 0.6 is 0 Å². The van der Waals surface area contributed by atoms with E-state index in [1.807, 2.05) is 6.07 Å². The molecule has 5 heteroatoms. The Hall–Kier alpha value is -2.69. The van der Waals surface area contributed by atoms with Crippen LogP contribution < -0.4 is 4.90 Å². The number of halogens is 1. The van der Waals surface area contributed by atoms with Gasteiger partial charge in [-0.15, -0.1) is 0 Å². The zero-order chi connectivity index (χ0) is 23.8. The molecule has 0 aliphatic carbocycles. The maximum atomic E-state index is 13.7. The van der Waals surface area contributed by atoms with E-state index in [1.165, 1.54) is 69.9 Å². The maximum absolute atomic E-state index is 13.7. The molecule has 1 amide bonds. The third kappa shape index (κ3) is 6.05. The molecule has 1 saturated heterocycles. The number of hydrogen-bond donors (Lipinski definition) is 0. The number of benzene rings is 2. The van der Waals surface area contributed by atoms with Crippen LogP contribution in [0, 0.1) is 5.82 Å². The predicted octanol–water partition coefficient (Wildman–Crippen LogP) is 7.62. The summed E-state index contributed by atoms with van der Waals surface area (Å²) >= 11 is 0. The molecular formula is C29H38FN3O. The van der Waals surface area contributed by atoms with Crippen LogP contribution in [-0.4, -0.2) is 22.0 Å². The minimum Gasteiger partial charge on any atom is -0.328 e. The summed E-state index contributed by atoms with van der Waals surface area (Å²) in [5.41, 5.74) is 2.76. The van der Waals surface area contributed by atoms with Gasteiger partial charge in [-0.2, -0.15) is 0 Å². The highest BCUT2D eigenvalue weighted by atomic mass is 19.1. The van der Waals surface area contributed by atoms with Crippen molar-refractivity contribution in [1.29, 1.82) is 0 Å². The van der Waals surface area contributed by atoms with E-state index in [0.29, 0.717) is 18.7 Å². The fourth-order valence-corrected chi connectivity index (χ4v) is 5.17. The number of nitrogens with zero attached hydrogens (tertiary/aromatic N) is 3. The van der Waals surface area contributed by atoms with Gasteiger partial charge in [0.25, 0.3) is 0 Å². The van der Waals surface area contributed by atoms with E-state index in [-0.39, 0.29) is 17.6 Å². The van der Waals surface area contributed by atoms with E-state index in [4.69, 9.17) is 4.98 Å². The highest BCUT2D eigenvalue weighted by molar-refractivity contribution is 5.96. The van der Waals surface area contributed by atoms with Crippen molar-refractivity contribution in [2.75, 3.05) is 11.4 Å². The summed E-state index contributed by atoms with van der Waals surface area (Å²) in [7, 11) is 0. The molecular weight excluding hydrogens is 425 g/mol. The molecule has 1 fully saturated rings. The van der Waals surface area contributed by atoms with Gasteiger partial charge in [-0.3, -0.25) is 4.79 Å². The number of fused-ring (bicyclic) bond motifs is 1. The number of para-hydroxylation sites is 2. The van der Waals surface area contributed by atoms with Gasteiger partial charge in [-0.05, 0) is 36.8 Å². The van der Waals surface area contributed by atoms with Crippen LogP contribution in [0.4, 0.5) is 10.1 Å². The van der Waals surface area contributed by atoms with Gasteiger partial charge in [0.2, 0.25) is 5.91 Å². The molecule has 0 N–H and O–H groups in total. The number of carbonyl (C=O) groups excluding carboxylic acids is 1. The lowest BCUT2D eigenvalue weighted by Crippen LogP contribution is -2.24. The van der Waals surface area contributed by atoms with E-state index in [0.717, 1.165) is 29.8 Å². The molecule has 0 radical (unpaired) electrons. The number of imidazole rings is 1. The summed E-state index contributed by atoms with van der Waals surface area (Å²) in [4.78, 5) is 19.5. The maximum Gasteiger partial charge on any atom is 0.227 e. The predicted molar refractivity (Wildman–Crippen MR) is 138 cm³/mol. The molecule has 1 aromatic heterocycles. The SMILES string of the molecule is CCCCCCCCCCCCn1c(C2CC(=O)N(c3cccc(F)c3)C2)nc2ccccc21. The molecule has 1 aliphatic rings. The summed E-state index contributed by atoms with van der Waals surface area (Å²) in [6.07, 6.45) is 13.5. The van der Waals surface area contributed by atoms with Gasteiger partial charge in [0.15, 0.2) is 0 Å². The van der Waals surface area contributed by atoms with Crippen LogP contribution in [0.3, 0.4) is 0 Å². The third-order valence-electron chi connectivity index (χ3n) is 7.03. The Kier molecular flexibility index (Phi) is 8.73. The molecule has 3 aromatic rings. The van der Waals surface area contributed by atoms with Gasteiger partial charge < -0.3 is 9.47 Å². The van der Waals surface area contributed by atoms with Gasteiger partial charge in [-0.1, -0.05) is 82.9 Å². The van der Waals surface area contributed by atoms with Crippen molar-refractivity contribution in [3.8, 4) is 0 Å². The molecule has 0 saturated carbocycles. The smallest absolute Gasteiger partial charge is 0.227 e. The van der Waals surface area contributed by atoms with Crippen molar-refractivity contribution in [1.82, 2.24) is 9.55 Å².